The second-order valence-corrected chi connectivity index (χ2v) is 8.36. The second kappa shape index (κ2) is 11.2. The van der Waals surface area contributed by atoms with Crippen LogP contribution in [0.2, 0.25) is 10.0 Å². The van der Waals surface area contributed by atoms with E-state index in [0.29, 0.717) is 51.0 Å². The monoisotopic (exact) mass is 493 g/mol. The second-order valence-electron chi connectivity index (χ2n) is 6.63. The summed E-state index contributed by atoms with van der Waals surface area (Å²) < 4.78 is 6.89. The number of anilines is 1. The Morgan fingerprint density at radius 3 is 2.59 bits per heavy atom. The first-order chi connectivity index (χ1) is 15.4. The number of hydrogen-bond acceptors (Lipinski definition) is 6. The Morgan fingerprint density at radius 2 is 1.88 bits per heavy atom. The zero-order valence-corrected chi connectivity index (χ0v) is 19.7. The van der Waals surface area contributed by atoms with E-state index in [-0.39, 0.29) is 17.6 Å². The average Bonchev–Trinajstić information content (AvgIpc) is 3.15. The van der Waals surface area contributed by atoms with Crippen molar-refractivity contribution in [2.75, 3.05) is 24.7 Å². The fourth-order valence-corrected chi connectivity index (χ4v) is 3.82. The molecule has 168 valence electrons. The van der Waals surface area contributed by atoms with Gasteiger partial charge in [-0.3, -0.25) is 9.59 Å². The Kier molecular flexibility index (Phi) is 8.38. The lowest BCUT2D eigenvalue weighted by molar-refractivity contribution is -0.113. The molecule has 32 heavy (non-hydrogen) atoms. The van der Waals surface area contributed by atoms with Crippen LogP contribution in [0.4, 0.5) is 5.69 Å². The third-order valence-electron chi connectivity index (χ3n) is 4.47. The van der Waals surface area contributed by atoms with Gasteiger partial charge in [-0.2, -0.15) is 0 Å². The standard InChI is InChI=1S/C21H21Cl2N5O3S/c1-28-17(10-11-24-20(30)13-6-8-14(31-2)9-7-13)26-27-21(28)32-12-18(29)25-16-5-3-4-15(22)19(16)23/h3-9H,10-12H2,1-2H3,(H,24,30)(H,25,29). The van der Waals surface area contributed by atoms with E-state index in [1.165, 1.54) is 11.8 Å². The number of halogens is 2. The van der Waals surface area contributed by atoms with Crippen LogP contribution in [0.25, 0.3) is 0 Å². The number of aromatic nitrogens is 3. The molecule has 0 aliphatic carbocycles. The Hall–Kier alpha value is -2.75. The SMILES string of the molecule is COc1ccc(C(=O)NCCc2nnc(SCC(=O)Nc3cccc(Cl)c3Cl)n2C)cc1. The summed E-state index contributed by atoms with van der Waals surface area (Å²) >= 11 is 13.3. The van der Waals surface area contributed by atoms with Crippen LogP contribution < -0.4 is 15.4 Å². The maximum Gasteiger partial charge on any atom is 0.251 e. The van der Waals surface area contributed by atoms with E-state index in [9.17, 15) is 9.59 Å². The molecule has 1 aromatic heterocycles. The highest BCUT2D eigenvalue weighted by Crippen LogP contribution is 2.29. The lowest BCUT2D eigenvalue weighted by atomic mass is 10.2. The van der Waals surface area contributed by atoms with E-state index < -0.39 is 0 Å². The largest absolute Gasteiger partial charge is 0.497 e. The van der Waals surface area contributed by atoms with Crippen LogP contribution in [-0.2, 0) is 18.3 Å². The third-order valence-corrected chi connectivity index (χ3v) is 6.31. The molecule has 0 radical (unpaired) electrons. The molecule has 1 heterocycles. The highest BCUT2D eigenvalue weighted by Gasteiger charge is 2.14. The van der Waals surface area contributed by atoms with Crippen molar-refractivity contribution in [2.24, 2.45) is 7.05 Å². The maximum absolute atomic E-state index is 12.2. The van der Waals surface area contributed by atoms with Crippen molar-refractivity contribution < 1.29 is 14.3 Å². The number of methoxy groups -OCH3 is 1. The lowest BCUT2D eigenvalue weighted by Crippen LogP contribution is -2.26. The van der Waals surface area contributed by atoms with Gasteiger partial charge in [0.25, 0.3) is 5.91 Å². The van der Waals surface area contributed by atoms with E-state index in [1.54, 1.807) is 54.1 Å². The molecule has 0 unspecified atom stereocenters. The molecule has 2 amide bonds. The highest BCUT2D eigenvalue weighted by molar-refractivity contribution is 7.99. The van der Waals surface area contributed by atoms with Crippen molar-refractivity contribution in [2.45, 2.75) is 11.6 Å². The molecule has 0 saturated carbocycles. The van der Waals surface area contributed by atoms with Gasteiger partial charge in [0, 0.05) is 25.6 Å². The van der Waals surface area contributed by atoms with Gasteiger partial charge in [-0.15, -0.1) is 10.2 Å². The quantitative estimate of drug-likeness (QED) is 0.439. The number of thioether (sulfide) groups is 1. The van der Waals surface area contributed by atoms with E-state index in [4.69, 9.17) is 27.9 Å². The molecule has 0 bridgehead atoms. The van der Waals surface area contributed by atoms with Crippen molar-refractivity contribution >= 4 is 52.5 Å². The van der Waals surface area contributed by atoms with Crippen molar-refractivity contribution in [1.29, 1.82) is 0 Å². The number of rotatable bonds is 9. The molecular weight excluding hydrogens is 473 g/mol. The van der Waals surface area contributed by atoms with Crippen molar-refractivity contribution in [3.63, 3.8) is 0 Å². The predicted octanol–water partition coefficient (Wildman–Crippen LogP) is 3.83. The van der Waals surface area contributed by atoms with Crippen LogP contribution in [-0.4, -0.2) is 46.0 Å². The minimum absolute atomic E-state index is 0.128. The van der Waals surface area contributed by atoms with Crippen LogP contribution in [0.3, 0.4) is 0 Å². The van der Waals surface area contributed by atoms with Gasteiger partial charge in [0.1, 0.15) is 11.6 Å². The van der Waals surface area contributed by atoms with Gasteiger partial charge in [0.05, 0.1) is 28.6 Å². The first kappa shape index (κ1) is 23.9. The molecule has 2 aromatic carbocycles. The van der Waals surface area contributed by atoms with Gasteiger partial charge < -0.3 is 19.9 Å². The number of carbonyl (C=O) groups is 2. The molecule has 0 spiro atoms. The summed E-state index contributed by atoms with van der Waals surface area (Å²) in [5, 5.41) is 15.1. The zero-order chi connectivity index (χ0) is 23.1. The first-order valence-corrected chi connectivity index (χ1v) is 11.3. The molecule has 2 N–H and O–H groups in total. The van der Waals surface area contributed by atoms with Crippen LogP contribution >= 0.6 is 35.0 Å². The van der Waals surface area contributed by atoms with Crippen molar-refractivity contribution in [1.82, 2.24) is 20.1 Å². The fraction of sp³-hybridized carbons (Fsp3) is 0.238. The van der Waals surface area contributed by atoms with Crippen LogP contribution in [0.5, 0.6) is 5.75 Å². The summed E-state index contributed by atoms with van der Waals surface area (Å²) in [4.78, 5) is 24.5. The van der Waals surface area contributed by atoms with E-state index in [2.05, 4.69) is 20.8 Å². The molecule has 0 aliphatic rings. The lowest BCUT2D eigenvalue weighted by Gasteiger charge is -2.08. The number of ether oxygens (including phenoxy) is 1. The van der Waals surface area contributed by atoms with Crippen LogP contribution in [0.15, 0.2) is 47.6 Å². The molecular formula is C21H21Cl2N5O3S. The molecule has 0 fully saturated rings. The fourth-order valence-electron chi connectivity index (χ4n) is 2.74. The Morgan fingerprint density at radius 1 is 1.12 bits per heavy atom. The Balaban J connectivity index is 1.47. The van der Waals surface area contributed by atoms with Crippen LogP contribution in [0, 0.1) is 0 Å². The number of amides is 2. The highest BCUT2D eigenvalue weighted by atomic mass is 35.5. The van der Waals surface area contributed by atoms with Gasteiger partial charge in [-0.05, 0) is 36.4 Å². The first-order valence-electron chi connectivity index (χ1n) is 9.56. The summed E-state index contributed by atoms with van der Waals surface area (Å²) in [6.07, 6.45) is 0.496. The topological polar surface area (TPSA) is 98.1 Å². The van der Waals surface area contributed by atoms with Crippen molar-refractivity contribution in [3.8, 4) is 5.75 Å². The normalized spacial score (nSPS) is 10.6. The van der Waals surface area contributed by atoms with E-state index in [1.807, 2.05) is 7.05 Å². The summed E-state index contributed by atoms with van der Waals surface area (Å²) in [6, 6.07) is 11.9. The number of nitrogens with zero attached hydrogens (tertiary/aromatic N) is 3. The molecule has 0 atom stereocenters. The Bertz CT molecular complexity index is 1110. The average molecular weight is 494 g/mol. The molecule has 0 saturated heterocycles. The third kappa shape index (κ3) is 6.15. The van der Waals surface area contributed by atoms with Gasteiger partial charge in [0.15, 0.2) is 5.16 Å². The van der Waals surface area contributed by atoms with E-state index in [0.717, 1.165) is 0 Å². The molecule has 3 rings (SSSR count). The molecule has 8 nitrogen and oxygen atoms in total. The van der Waals surface area contributed by atoms with Gasteiger partial charge in [-0.25, -0.2) is 0 Å². The minimum atomic E-state index is -0.240. The molecule has 0 aliphatic heterocycles. The summed E-state index contributed by atoms with van der Waals surface area (Å²) in [5.74, 6) is 1.09. The van der Waals surface area contributed by atoms with E-state index >= 15 is 0 Å². The Labute approximate surface area is 199 Å². The van der Waals surface area contributed by atoms with Crippen molar-refractivity contribution in [3.05, 3.63) is 63.9 Å². The molecule has 3 aromatic rings. The number of benzene rings is 2. The van der Waals surface area contributed by atoms with Gasteiger partial charge in [0.2, 0.25) is 5.91 Å². The maximum atomic E-state index is 12.2. The minimum Gasteiger partial charge on any atom is -0.497 e. The smallest absolute Gasteiger partial charge is 0.251 e. The molecule has 11 heteroatoms. The summed E-state index contributed by atoms with van der Waals surface area (Å²) in [7, 11) is 3.39. The number of carbonyl (C=O) groups excluding carboxylic acids is 2. The van der Waals surface area contributed by atoms with Crippen LogP contribution in [0.1, 0.15) is 16.2 Å². The zero-order valence-electron chi connectivity index (χ0n) is 17.4. The number of hydrogen-bond donors (Lipinski definition) is 2. The predicted molar refractivity (Wildman–Crippen MR) is 126 cm³/mol. The van der Waals surface area contributed by atoms with Gasteiger partial charge in [-0.1, -0.05) is 41.0 Å². The van der Waals surface area contributed by atoms with Gasteiger partial charge >= 0.3 is 0 Å². The summed E-state index contributed by atoms with van der Waals surface area (Å²) in [6.45, 7) is 0.398. The summed E-state index contributed by atoms with van der Waals surface area (Å²) in [5.41, 5.74) is 1.00. The number of nitrogens with one attached hydrogen (secondary N) is 2.